The average Bonchev–Trinajstić information content (AvgIpc) is 2.77. The highest BCUT2D eigenvalue weighted by Crippen LogP contribution is 2.19. The zero-order chi connectivity index (χ0) is 12.7. The summed E-state index contributed by atoms with van der Waals surface area (Å²) >= 11 is 1.74. The molecule has 3 nitrogen and oxygen atoms in total. The quantitative estimate of drug-likeness (QED) is 0.752. The van der Waals surface area contributed by atoms with Gasteiger partial charge in [0.1, 0.15) is 0 Å². The molecule has 0 bridgehead atoms. The first kappa shape index (κ1) is 14.6. The summed E-state index contributed by atoms with van der Waals surface area (Å²) in [6.07, 6.45) is 2.00. The largest absolute Gasteiger partial charge is 0.396 e. The van der Waals surface area contributed by atoms with Gasteiger partial charge in [0.15, 0.2) is 0 Å². The van der Waals surface area contributed by atoms with Crippen LogP contribution in [0.3, 0.4) is 0 Å². The molecule has 0 aliphatic carbocycles. The van der Waals surface area contributed by atoms with Gasteiger partial charge >= 0.3 is 0 Å². The first-order valence-electron chi connectivity index (χ1n) is 6.43. The summed E-state index contributed by atoms with van der Waals surface area (Å²) in [7, 11) is 0. The molecule has 1 unspecified atom stereocenters. The summed E-state index contributed by atoms with van der Waals surface area (Å²) in [6.45, 7) is 8.60. The molecule has 0 amide bonds. The normalized spacial score (nSPS) is 13.2. The van der Waals surface area contributed by atoms with E-state index >= 15 is 0 Å². The minimum absolute atomic E-state index is 0.286. The van der Waals surface area contributed by atoms with E-state index in [1.54, 1.807) is 11.3 Å². The molecule has 1 heterocycles. The van der Waals surface area contributed by atoms with Crippen LogP contribution in [0.25, 0.3) is 0 Å². The molecule has 0 fully saturated rings. The van der Waals surface area contributed by atoms with Crippen LogP contribution in [0.1, 0.15) is 50.2 Å². The van der Waals surface area contributed by atoms with E-state index in [-0.39, 0.29) is 6.61 Å². The molecule has 0 saturated carbocycles. The topological polar surface area (TPSA) is 45.1 Å². The second kappa shape index (κ2) is 7.80. The second-order valence-corrected chi connectivity index (χ2v) is 5.64. The van der Waals surface area contributed by atoms with E-state index in [1.165, 1.54) is 5.01 Å². The van der Waals surface area contributed by atoms with Crippen LogP contribution in [0.5, 0.6) is 0 Å². The van der Waals surface area contributed by atoms with E-state index in [2.05, 4.69) is 36.5 Å². The average molecular weight is 256 g/mol. The molecule has 1 atom stereocenters. The fraction of sp³-hybridized carbons (Fsp3) is 0.769. The standard InChI is InChI=1S/C13H24N2OS/c1-4-11(5-6-16)7-14-8-12-9-17-13(15-12)10(2)3/h9-11,14,16H,4-8H2,1-3H3. The van der Waals surface area contributed by atoms with E-state index < -0.39 is 0 Å². The molecule has 17 heavy (non-hydrogen) atoms. The Kier molecular flexibility index (Phi) is 6.70. The van der Waals surface area contributed by atoms with Crippen LogP contribution < -0.4 is 5.32 Å². The number of hydrogen-bond donors (Lipinski definition) is 2. The predicted octanol–water partition coefficient (Wildman–Crippen LogP) is 2.76. The molecule has 2 N–H and O–H groups in total. The summed E-state index contributed by atoms with van der Waals surface area (Å²) in [4.78, 5) is 4.59. The summed E-state index contributed by atoms with van der Waals surface area (Å²) in [6, 6.07) is 0. The van der Waals surface area contributed by atoms with E-state index in [0.29, 0.717) is 11.8 Å². The monoisotopic (exact) mass is 256 g/mol. The molecule has 0 aromatic carbocycles. The molecular formula is C13H24N2OS. The highest BCUT2D eigenvalue weighted by atomic mass is 32.1. The van der Waals surface area contributed by atoms with Gasteiger partial charge in [-0.15, -0.1) is 11.3 Å². The molecule has 1 aromatic rings. The summed E-state index contributed by atoms with van der Waals surface area (Å²) in [5.74, 6) is 1.09. The van der Waals surface area contributed by atoms with Gasteiger partial charge in [-0.25, -0.2) is 4.98 Å². The Hall–Kier alpha value is -0.450. The minimum atomic E-state index is 0.286. The Morgan fingerprint density at radius 2 is 2.24 bits per heavy atom. The van der Waals surface area contributed by atoms with Crippen LogP contribution in [0.2, 0.25) is 0 Å². The smallest absolute Gasteiger partial charge is 0.0954 e. The third kappa shape index (κ3) is 5.15. The number of thiazole rings is 1. The van der Waals surface area contributed by atoms with Crippen molar-refractivity contribution in [1.82, 2.24) is 10.3 Å². The molecule has 98 valence electrons. The number of nitrogens with one attached hydrogen (secondary N) is 1. The van der Waals surface area contributed by atoms with E-state index in [4.69, 9.17) is 5.11 Å². The summed E-state index contributed by atoms with van der Waals surface area (Å²) < 4.78 is 0. The Morgan fingerprint density at radius 1 is 1.47 bits per heavy atom. The third-order valence-corrected chi connectivity index (χ3v) is 4.11. The zero-order valence-electron chi connectivity index (χ0n) is 11.1. The van der Waals surface area contributed by atoms with Crippen molar-refractivity contribution in [3.8, 4) is 0 Å². The molecule has 0 spiro atoms. The maximum Gasteiger partial charge on any atom is 0.0954 e. The van der Waals surface area contributed by atoms with Gasteiger partial charge in [-0.1, -0.05) is 27.2 Å². The molecule has 0 aliphatic rings. The van der Waals surface area contributed by atoms with Crippen LogP contribution in [-0.4, -0.2) is 23.2 Å². The van der Waals surface area contributed by atoms with Crippen molar-refractivity contribution in [3.63, 3.8) is 0 Å². The number of rotatable bonds is 8. The lowest BCUT2D eigenvalue weighted by molar-refractivity contribution is 0.251. The van der Waals surface area contributed by atoms with E-state index in [9.17, 15) is 0 Å². The van der Waals surface area contributed by atoms with Gasteiger partial charge in [0.25, 0.3) is 0 Å². The Labute approximate surface area is 108 Å². The van der Waals surface area contributed by atoms with Crippen LogP contribution in [-0.2, 0) is 6.54 Å². The van der Waals surface area contributed by atoms with Crippen molar-refractivity contribution in [1.29, 1.82) is 0 Å². The summed E-state index contributed by atoms with van der Waals surface area (Å²) in [5.41, 5.74) is 1.14. The number of aliphatic hydroxyl groups is 1. The number of aromatic nitrogens is 1. The van der Waals surface area contributed by atoms with Gasteiger partial charge in [0, 0.05) is 24.4 Å². The van der Waals surface area contributed by atoms with Gasteiger partial charge in [-0.3, -0.25) is 0 Å². The van der Waals surface area contributed by atoms with Gasteiger partial charge in [-0.2, -0.15) is 0 Å². The Morgan fingerprint density at radius 3 is 2.76 bits per heavy atom. The minimum Gasteiger partial charge on any atom is -0.396 e. The number of nitrogens with zero attached hydrogens (tertiary/aromatic N) is 1. The highest BCUT2D eigenvalue weighted by molar-refractivity contribution is 7.09. The van der Waals surface area contributed by atoms with Crippen LogP contribution in [0.15, 0.2) is 5.38 Å². The van der Waals surface area contributed by atoms with Crippen molar-refractivity contribution in [2.45, 2.75) is 46.1 Å². The van der Waals surface area contributed by atoms with Gasteiger partial charge in [-0.05, 0) is 18.9 Å². The van der Waals surface area contributed by atoms with Crippen molar-refractivity contribution < 1.29 is 5.11 Å². The van der Waals surface area contributed by atoms with Crippen molar-refractivity contribution in [2.24, 2.45) is 5.92 Å². The second-order valence-electron chi connectivity index (χ2n) is 4.75. The van der Waals surface area contributed by atoms with Crippen LogP contribution in [0, 0.1) is 5.92 Å². The van der Waals surface area contributed by atoms with Crippen molar-refractivity contribution >= 4 is 11.3 Å². The van der Waals surface area contributed by atoms with Gasteiger partial charge in [0.2, 0.25) is 0 Å². The van der Waals surface area contributed by atoms with E-state index in [1.807, 2.05) is 0 Å². The van der Waals surface area contributed by atoms with Crippen molar-refractivity contribution in [2.75, 3.05) is 13.2 Å². The summed E-state index contributed by atoms with van der Waals surface area (Å²) in [5, 5.41) is 15.7. The fourth-order valence-corrected chi connectivity index (χ4v) is 2.54. The maximum atomic E-state index is 8.91. The molecule has 1 rings (SSSR count). The lowest BCUT2D eigenvalue weighted by Crippen LogP contribution is -2.23. The maximum absolute atomic E-state index is 8.91. The van der Waals surface area contributed by atoms with Crippen LogP contribution in [0.4, 0.5) is 0 Å². The Bertz CT molecular complexity index is 312. The zero-order valence-corrected chi connectivity index (χ0v) is 11.9. The molecule has 0 aliphatic heterocycles. The molecule has 0 saturated heterocycles. The lowest BCUT2D eigenvalue weighted by Gasteiger charge is -2.13. The number of aliphatic hydroxyl groups excluding tert-OH is 1. The Balaban J connectivity index is 2.29. The lowest BCUT2D eigenvalue weighted by atomic mass is 10.0. The molecule has 0 radical (unpaired) electrons. The first-order valence-corrected chi connectivity index (χ1v) is 7.31. The highest BCUT2D eigenvalue weighted by Gasteiger charge is 2.07. The van der Waals surface area contributed by atoms with Gasteiger partial charge in [0.05, 0.1) is 10.7 Å². The SMILES string of the molecule is CCC(CCO)CNCc1csc(C(C)C)n1. The molecular weight excluding hydrogens is 232 g/mol. The predicted molar refractivity (Wildman–Crippen MR) is 73.4 cm³/mol. The first-order chi connectivity index (χ1) is 8.17. The molecule has 1 aromatic heterocycles. The number of hydrogen-bond acceptors (Lipinski definition) is 4. The van der Waals surface area contributed by atoms with Crippen molar-refractivity contribution in [3.05, 3.63) is 16.1 Å². The van der Waals surface area contributed by atoms with Crippen LogP contribution >= 0.6 is 11.3 Å². The van der Waals surface area contributed by atoms with Gasteiger partial charge < -0.3 is 10.4 Å². The van der Waals surface area contributed by atoms with E-state index in [0.717, 1.165) is 31.6 Å². The fourth-order valence-electron chi connectivity index (χ4n) is 1.71. The third-order valence-electron chi connectivity index (χ3n) is 2.92. The molecule has 4 heteroatoms.